The highest BCUT2D eigenvalue weighted by Gasteiger charge is 2.32. The van der Waals surface area contributed by atoms with Crippen LogP contribution in [0.1, 0.15) is 12.5 Å². The van der Waals surface area contributed by atoms with Gasteiger partial charge < -0.3 is 14.5 Å². The first-order valence-electron chi connectivity index (χ1n) is 10.8. The molecule has 2 aliphatic rings. The Balaban J connectivity index is 1.26. The van der Waals surface area contributed by atoms with Gasteiger partial charge in [0.25, 0.3) is 0 Å². The number of rotatable bonds is 7. The number of urea groups is 1. The van der Waals surface area contributed by atoms with E-state index in [1.165, 1.54) is 5.56 Å². The molecule has 31 heavy (non-hydrogen) atoms. The predicted molar refractivity (Wildman–Crippen MR) is 118 cm³/mol. The minimum Gasteiger partial charge on any atom is -0.494 e. The molecule has 0 radical (unpaired) electrons. The van der Waals surface area contributed by atoms with Crippen molar-refractivity contribution in [2.24, 2.45) is 0 Å². The van der Waals surface area contributed by atoms with E-state index in [1.54, 1.807) is 16.0 Å². The molecule has 0 N–H and O–H groups in total. The van der Waals surface area contributed by atoms with Gasteiger partial charge in [-0.3, -0.25) is 19.6 Å². The number of hydrogen-bond donors (Lipinski definition) is 0. The van der Waals surface area contributed by atoms with Crippen LogP contribution in [0.15, 0.2) is 48.8 Å². The molecule has 164 valence electrons. The number of amides is 3. The number of aromatic nitrogens is 1. The van der Waals surface area contributed by atoms with Crippen molar-refractivity contribution in [3.05, 3.63) is 54.4 Å². The van der Waals surface area contributed by atoms with Gasteiger partial charge in [-0.25, -0.2) is 4.79 Å². The number of carbonyl (C=O) groups is 2. The Hall–Kier alpha value is -3.13. The van der Waals surface area contributed by atoms with Crippen LogP contribution in [0, 0.1) is 0 Å². The Labute approximate surface area is 183 Å². The lowest BCUT2D eigenvalue weighted by molar-refractivity contribution is -0.133. The maximum Gasteiger partial charge on any atom is 0.325 e. The van der Waals surface area contributed by atoms with Gasteiger partial charge >= 0.3 is 6.03 Å². The predicted octanol–water partition coefficient (Wildman–Crippen LogP) is 2.07. The summed E-state index contributed by atoms with van der Waals surface area (Å²) in [5, 5.41) is 0. The van der Waals surface area contributed by atoms with Crippen molar-refractivity contribution in [1.82, 2.24) is 19.7 Å². The second-order valence-corrected chi connectivity index (χ2v) is 7.80. The molecular weight excluding hydrogens is 394 g/mol. The number of hydrogen-bond acceptors (Lipinski definition) is 5. The second-order valence-electron chi connectivity index (χ2n) is 7.80. The number of pyridine rings is 1. The molecule has 0 saturated carbocycles. The molecule has 0 bridgehead atoms. The van der Waals surface area contributed by atoms with E-state index in [0.29, 0.717) is 32.8 Å². The Morgan fingerprint density at radius 1 is 1.03 bits per heavy atom. The lowest BCUT2D eigenvalue weighted by Gasteiger charge is -2.35. The molecule has 0 spiro atoms. The maximum atomic E-state index is 12.8. The molecule has 1 aromatic heterocycles. The minimum atomic E-state index is -0.118. The summed E-state index contributed by atoms with van der Waals surface area (Å²) in [7, 11) is 0. The van der Waals surface area contributed by atoms with Crippen LogP contribution in [0.3, 0.4) is 0 Å². The SMILES string of the molecule is CCOc1ccc(N2CCN(CC(=O)N3CCN(Cc4cccnc4)CC3)C2=O)cc1. The van der Waals surface area contributed by atoms with Crippen LogP contribution in [0.2, 0.25) is 0 Å². The van der Waals surface area contributed by atoms with Crippen LogP contribution < -0.4 is 9.64 Å². The van der Waals surface area contributed by atoms with Crippen LogP contribution >= 0.6 is 0 Å². The van der Waals surface area contributed by atoms with Crippen LogP contribution in [-0.2, 0) is 11.3 Å². The van der Waals surface area contributed by atoms with Gasteiger partial charge in [0.15, 0.2) is 0 Å². The number of ether oxygens (including phenoxy) is 1. The topological polar surface area (TPSA) is 69.2 Å². The molecule has 8 heteroatoms. The van der Waals surface area contributed by atoms with Crippen molar-refractivity contribution >= 4 is 17.6 Å². The summed E-state index contributed by atoms with van der Waals surface area (Å²) in [4.78, 5) is 37.3. The van der Waals surface area contributed by atoms with Gasteiger partial charge in [-0.15, -0.1) is 0 Å². The van der Waals surface area contributed by atoms with Crippen molar-refractivity contribution in [3.8, 4) is 5.75 Å². The van der Waals surface area contributed by atoms with E-state index in [9.17, 15) is 9.59 Å². The Morgan fingerprint density at radius 2 is 1.81 bits per heavy atom. The van der Waals surface area contributed by atoms with E-state index in [1.807, 2.05) is 48.4 Å². The largest absolute Gasteiger partial charge is 0.494 e. The van der Waals surface area contributed by atoms with E-state index in [0.717, 1.165) is 31.1 Å². The van der Waals surface area contributed by atoms with Crippen molar-refractivity contribution in [1.29, 1.82) is 0 Å². The van der Waals surface area contributed by atoms with Crippen molar-refractivity contribution in [2.75, 3.05) is 57.3 Å². The average molecular weight is 424 g/mol. The fourth-order valence-corrected chi connectivity index (χ4v) is 4.03. The molecule has 2 fully saturated rings. The van der Waals surface area contributed by atoms with Crippen LogP contribution in [0.5, 0.6) is 5.75 Å². The van der Waals surface area contributed by atoms with Crippen molar-refractivity contribution < 1.29 is 14.3 Å². The number of carbonyl (C=O) groups excluding carboxylic acids is 2. The Kier molecular flexibility index (Phi) is 6.66. The number of piperazine rings is 1. The van der Waals surface area contributed by atoms with E-state index < -0.39 is 0 Å². The third-order valence-corrected chi connectivity index (χ3v) is 5.73. The van der Waals surface area contributed by atoms with Gasteiger partial charge in [0.05, 0.1) is 6.61 Å². The third-order valence-electron chi connectivity index (χ3n) is 5.73. The lowest BCUT2D eigenvalue weighted by Crippen LogP contribution is -2.51. The number of benzene rings is 1. The first-order chi connectivity index (χ1) is 15.1. The summed E-state index contributed by atoms with van der Waals surface area (Å²) in [6, 6.07) is 11.4. The zero-order valence-electron chi connectivity index (χ0n) is 17.9. The summed E-state index contributed by atoms with van der Waals surface area (Å²) in [6.45, 7) is 7.68. The Morgan fingerprint density at radius 3 is 2.48 bits per heavy atom. The summed E-state index contributed by atoms with van der Waals surface area (Å²) in [5.41, 5.74) is 2.01. The van der Waals surface area contributed by atoms with Gasteiger partial charge in [0, 0.05) is 63.9 Å². The maximum absolute atomic E-state index is 12.8. The molecule has 2 aliphatic heterocycles. The highest BCUT2D eigenvalue weighted by molar-refractivity contribution is 5.96. The normalized spacial score (nSPS) is 17.3. The molecular formula is C23H29N5O3. The lowest BCUT2D eigenvalue weighted by atomic mass is 10.2. The van der Waals surface area contributed by atoms with Gasteiger partial charge in [-0.2, -0.15) is 0 Å². The molecule has 3 amide bonds. The third kappa shape index (κ3) is 5.14. The molecule has 0 atom stereocenters. The van der Waals surface area contributed by atoms with E-state index >= 15 is 0 Å². The van der Waals surface area contributed by atoms with Gasteiger partial charge in [0.2, 0.25) is 5.91 Å². The quantitative estimate of drug-likeness (QED) is 0.682. The monoisotopic (exact) mass is 423 g/mol. The summed E-state index contributed by atoms with van der Waals surface area (Å²) in [5.74, 6) is 0.801. The van der Waals surface area contributed by atoms with Gasteiger partial charge in [-0.05, 0) is 42.8 Å². The first kappa shape index (κ1) is 21.1. The molecule has 0 aliphatic carbocycles. The fraction of sp³-hybridized carbons (Fsp3) is 0.435. The first-order valence-corrected chi connectivity index (χ1v) is 10.8. The molecule has 2 aromatic rings. The summed E-state index contributed by atoms with van der Waals surface area (Å²) in [6.07, 6.45) is 3.66. The zero-order valence-corrected chi connectivity index (χ0v) is 17.9. The van der Waals surface area contributed by atoms with Crippen molar-refractivity contribution in [2.45, 2.75) is 13.5 Å². The average Bonchev–Trinajstić information content (AvgIpc) is 3.16. The van der Waals surface area contributed by atoms with Crippen LogP contribution in [-0.4, -0.2) is 84.0 Å². The molecule has 4 rings (SSSR count). The van der Waals surface area contributed by atoms with Crippen LogP contribution in [0.25, 0.3) is 0 Å². The summed E-state index contributed by atoms with van der Waals surface area (Å²) < 4.78 is 5.46. The molecule has 3 heterocycles. The standard InChI is InChI=1S/C23H29N5O3/c1-2-31-21-7-5-20(6-8-21)28-15-14-27(23(28)30)18-22(29)26-12-10-25(11-13-26)17-19-4-3-9-24-16-19/h3-9,16H,2,10-15,17-18H2,1H3. The minimum absolute atomic E-state index is 0.0166. The smallest absolute Gasteiger partial charge is 0.325 e. The zero-order chi connectivity index (χ0) is 21.6. The highest BCUT2D eigenvalue weighted by atomic mass is 16.5. The Bertz CT molecular complexity index is 882. The number of nitrogens with zero attached hydrogens (tertiary/aromatic N) is 5. The van der Waals surface area contributed by atoms with E-state index in [4.69, 9.17) is 4.74 Å². The van der Waals surface area contributed by atoms with Crippen molar-refractivity contribution in [3.63, 3.8) is 0 Å². The molecule has 8 nitrogen and oxygen atoms in total. The molecule has 0 unspecified atom stereocenters. The fourth-order valence-electron chi connectivity index (χ4n) is 4.03. The second kappa shape index (κ2) is 9.78. The highest BCUT2D eigenvalue weighted by Crippen LogP contribution is 2.23. The number of anilines is 1. The molecule has 2 saturated heterocycles. The van der Waals surface area contributed by atoms with Gasteiger partial charge in [0.1, 0.15) is 12.3 Å². The van der Waals surface area contributed by atoms with E-state index in [-0.39, 0.29) is 18.5 Å². The summed E-state index contributed by atoms with van der Waals surface area (Å²) >= 11 is 0. The van der Waals surface area contributed by atoms with E-state index in [2.05, 4.69) is 16.0 Å². The molecule has 1 aromatic carbocycles. The van der Waals surface area contributed by atoms with Crippen LogP contribution in [0.4, 0.5) is 10.5 Å². The van der Waals surface area contributed by atoms with Gasteiger partial charge in [-0.1, -0.05) is 6.07 Å².